The quantitative estimate of drug-likeness (QED) is 0.623. The van der Waals surface area contributed by atoms with Gasteiger partial charge in [0.25, 0.3) is 0 Å². The van der Waals surface area contributed by atoms with Gasteiger partial charge >= 0.3 is 6.61 Å². The number of hydrogen-bond acceptors (Lipinski definition) is 4. The summed E-state index contributed by atoms with van der Waals surface area (Å²) in [5.41, 5.74) is 0.466. The first kappa shape index (κ1) is 21.8. The summed E-state index contributed by atoms with van der Waals surface area (Å²) in [4.78, 5) is 25.1. The van der Waals surface area contributed by atoms with Crippen molar-refractivity contribution in [3.05, 3.63) is 23.8 Å². The maximum atomic E-state index is 12.9. The predicted octanol–water partition coefficient (Wildman–Crippen LogP) is 3.29. The van der Waals surface area contributed by atoms with Crippen LogP contribution in [0.4, 0.5) is 8.78 Å². The lowest BCUT2D eigenvalue weighted by Gasteiger charge is -2.55. The van der Waals surface area contributed by atoms with Gasteiger partial charge in [-0.2, -0.15) is 8.78 Å². The average Bonchev–Trinajstić information content (AvgIpc) is 2.71. The van der Waals surface area contributed by atoms with Crippen LogP contribution in [0.3, 0.4) is 0 Å². The van der Waals surface area contributed by atoms with Gasteiger partial charge in [-0.25, -0.2) is 0 Å². The summed E-state index contributed by atoms with van der Waals surface area (Å²) < 4.78 is 34.6. The van der Waals surface area contributed by atoms with Gasteiger partial charge in [0.1, 0.15) is 0 Å². The molecule has 170 valence electrons. The number of nitrogens with one attached hydrogen (secondary N) is 2. The molecular weight excluding hydrogens is 406 g/mol. The molecule has 6 nitrogen and oxygen atoms in total. The van der Waals surface area contributed by atoms with Gasteiger partial charge in [-0.1, -0.05) is 6.07 Å². The van der Waals surface area contributed by atoms with Crippen LogP contribution in [0.15, 0.2) is 18.2 Å². The molecule has 4 saturated carbocycles. The predicted molar refractivity (Wildman–Crippen MR) is 110 cm³/mol. The molecule has 0 radical (unpaired) electrons. The minimum absolute atomic E-state index is 0.0331. The van der Waals surface area contributed by atoms with Crippen LogP contribution in [0.1, 0.15) is 44.1 Å². The molecule has 0 aliphatic heterocycles. The molecule has 2 N–H and O–H groups in total. The minimum atomic E-state index is -2.94. The average molecular weight is 436 g/mol. The van der Waals surface area contributed by atoms with Crippen LogP contribution in [0, 0.1) is 23.2 Å². The first-order valence-electron chi connectivity index (χ1n) is 11.0. The van der Waals surface area contributed by atoms with E-state index in [9.17, 15) is 18.4 Å². The maximum Gasteiger partial charge on any atom is 0.387 e. The Kier molecular flexibility index (Phi) is 6.34. The van der Waals surface area contributed by atoms with Crippen molar-refractivity contribution in [1.29, 1.82) is 0 Å². The summed E-state index contributed by atoms with van der Waals surface area (Å²) in [7, 11) is 1.38. The van der Waals surface area contributed by atoms with Crippen molar-refractivity contribution in [1.82, 2.24) is 10.6 Å². The largest absolute Gasteiger partial charge is 0.493 e. The Balaban J connectivity index is 1.23. The van der Waals surface area contributed by atoms with E-state index in [4.69, 9.17) is 4.74 Å². The van der Waals surface area contributed by atoms with Gasteiger partial charge in [-0.3, -0.25) is 9.59 Å². The smallest absolute Gasteiger partial charge is 0.387 e. The summed E-state index contributed by atoms with van der Waals surface area (Å²) >= 11 is 0. The number of carbonyl (C=O) groups excluding carboxylic acids is 2. The minimum Gasteiger partial charge on any atom is -0.493 e. The SMILES string of the molecule is COc1ccc(CCNC(=O)CNC(=O)C23CC4CC(CC(C4)C2)C3)cc1OC(F)F. The highest BCUT2D eigenvalue weighted by Gasteiger charge is 2.54. The fraction of sp³-hybridized carbons (Fsp3) is 0.652. The Morgan fingerprint density at radius 2 is 1.71 bits per heavy atom. The fourth-order valence-electron chi connectivity index (χ4n) is 6.21. The molecular formula is C23H30F2N2O4. The number of methoxy groups -OCH3 is 1. The standard InChI is InChI=1S/C23H30F2N2O4/c1-30-18-3-2-14(9-19(18)31-22(24)25)4-5-26-20(28)13-27-21(29)23-10-15-6-16(11-23)8-17(7-15)12-23/h2-3,9,15-17,22H,4-8,10-13H2,1H3,(H,26,28)(H,27,29). The highest BCUT2D eigenvalue weighted by Crippen LogP contribution is 2.60. The second-order valence-electron chi connectivity index (χ2n) is 9.34. The highest BCUT2D eigenvalue weighted by molar-refractivity contribution is 5.88. The zero-order valence-electron chi connectivity index (χ0n) is 17.8. The summed E-state index contributed by atoms with van der Waals surface area (Å²) in [6, 6.07) is 4.77. The number of rotatable bonds is 9. The molecule has 0 unspecified atom stereocenters. The molecule has 2 amide bonds. The first-order valence-corrected chi connectivity index (χ1v) is 11.0. The van der Waals surface area contributed by atoms with Gasteiger partial charge in [-0.15, -0.1) is 0 Å². The molecule has 1 aromatic carbocycles. The van der Waals surface area contributed by atoms with Crippen LogP contribution in [0.25, 0.3) is 0 Å². The van der Waals surface area contributed by atoms with E-state index in [1.54, 1.807) is 12.1 Å². The van der Waals surface area contributed by atoms with Crippen molar-refractivity contribution in [2.75, 3.05) is 20.2 Å². The van der Waals surface area contributed by atoms with E-state index >= 15 is 0 Å². The summed E-state index contributed by atoms with van der Waals surface area (Å²) in [6.07, 6.45) is 7.14. The molecule has 31 heavy (non-hydrogen) atoms. The van der Waals surface area contributed by atoms with Crippen LogP contribution in [0.5, 0.6) is 11.5 Å². The molecule has 0 heterocycles. The molecule has 4 fully saturated rings. The normalized spacial score (nSPS) is 28.5. The number of hydrogen-bond donors (Lipinski definition) is 2. The molecule has 4 aliphatic carbocycles. The Labute approximate surface area is 181 Å². The van der Waals surface area contributed by atoms with E-state index in [2.05, 4.69) is 15.4 Å². The van der Waals surface area contributed by atoms with E-state index in [1.807, 2.05) is 0 Å². The Hall–Kier alpha value is -2.38. The van der Waals surface area contributed by atoms with Crippen molar-refractivity contribution in [3.63, 3.8) is 0 Å². The van der Waals surface area contributed by atoms with Gasteiger partial charge in [0.15, 0.2) is 11.5 Å². The summed E-state index contributed by atoms with van der Waals surface area (Å²) in [5.74, 6) is 1.99. The third kappa shape index (κ3) is 4.93. The van der Waals surface area contributed by atoms with Crippen LogP contribution in [-0.4, -0.2) is 38.6 Å². The molecule has 0 atom stereocenters. The molecule has 0 saturated heterocycles. The zero-order chi connectivity index (χ0) is 22.0. The maximum absolute atomic E-state index is 12.9. The summed E-state index contributed by atoms with van der Waals surface area (Å²) in [5, 5.41) is 5.64. The molecule has 0 spiro atoms. The molecule has 4 bridgehead atoms. The van der Waals surface area contributed by atoms with E-state index in [0.29, 0.717) is 30.7 Å². The lowest BCUT2D eigenvalue weighted by Crippen LogP contribution is -2.54. The lowest BCUT2D eigenvalue weighted by atomic mass is 9.49. The monoisotopic (exact) mass is 436 g/mol. The van der Waals surface area contributed by atoms with Gasteiger partial charge in [0.05, 0.1) is 13.7 Å². The number of ether oxygens (including phenoxy) is 2. The second-order valence-corrected chi connectivity index (χ2v) is 9.34. The lowest BCUT2D eigenvalue weighted by molar-refractivity contribution is -0.147. The third-order valence-electron chi connectivity index (χ3n) is 7.11. The first-order chi connectivity index (χ1) is 14.9. The van der Waals surface area contributed by atoms with Crippen LogP contribution >= 0.6 is 0 Å². The van der Waals surface area contributed by atoms with Gasteiger partial charge in [-0.05, 0) is 80.4 Å². The van der Waals surface area contributed by atoms with Crippen molar-refractivity contribution < 1.29 is 27.8 Å². The topological polar surface area (TPSA) is 76.7 Å². The molecule has 0 aromatic heterocycles. The Morgan fingerprint density at radius 1 is 1.06 bits per heavy atom. The van der Waals surface area contributed by atoms with Crippen LogP contribution in [0.2, 0.25) is 0 Å². The fourth-order valence-corrected chi connectivity index (χ4v) is 6.21. The molecule has 5 rings (SSSR count). The molecule has 8 heteroatoms. The number of alkyl halides is 2. The third-order valence-corrected chi connectivity index (χ3v) is 7.11. The summed E-state index contributed by atoms with van der Waals surface area (Å²) in [6.45, 7) is -2.66. The van der Waals surface area contributed by atoms with Crippen molar-refractivity contribution in [2.24, 2.45) is 23.2 Å². The van der Waals surface area contributed by atoms with Crippen molar-refractivity contribution >= 4 is 11.8 Å². The number of halogens is 2. The number of benzene rings is 1. The van der Waals surface area contributed by atoms with E-state index in [-0.39, 0.29) is 35.3 Å². The molecule has 4 aliphatic rings. The van der Waals surface area contributed by atoms with Gasteiger partial charge in [0, 0.05) is 12.0 Å². The highest BCUT2D eigenvalue weighted by atomic mass is 19.3. The Morgan fingerprint density at radius 3 is 2.29 bits per heavy atom. The van der Waals surface area contributed by atoms with Crippen molar-refractivity contribution in [2.45, 2.75) is 51.6 Å². The molecule has 1 aromatic rings. The zero-order valence-corrected chi connectivity index (χ0v) is 17.8. The van der Waals surface area contributed by atoms with Crippen LogP contribution in [-0.2, 0) is 16.0 Å². The Bertz CT molecular complexity index is 795. The van der Waals surface area contributed by atoms with Crippen LogP contribution < -0.4 is 20.1 Å². The van der Waals surface area contributed by atoms with Gasteiger partial charge < -0.3 is 20.1 Å². The van der Waals surface area contributed by atoms with E-state index < -0.39 is 6.61 Å². The van der Waals surface area contributed by atoms with Gasteiger partial charge in [0.2, 0.25) is 11.8 Å². The van der Waals surface area contributed by atoms with E-state index in [0.717, 1.165) is 24.8 Å². The van der Waals surface area contributed by atoms with Crippen molar-refractivity contribution in [3.8, 4) is 11.5 Å². The number of amides is 2. The second kappa shape index (κ2) is 9.01. The number of carbonyl (C=O) groups is 2. The van der Waals surface area contributed by atoms with E-state index in [1.165, 1.54) is 32.4 Å².